The highest BCUT2D eigenvalue weighted by Gasteiger charge is 2.20. The number of pyridine rings is 1. The monoisotopic (exact) mass is 752 g/mol. The molecule has 4 aromatic carbocycles. The molecule has 0 unspecified atom stereocenters. The number of nitrogens with zero attached hydrogens (tertiary/aromatic N) is 4. The molecule has 6 rings (SSSR count). The van der Waals surface area contributed by atoms with Crippen molar-refractivity contribution in [1.82, 2.24) is 14.8 Å². The molecule has 0 saturated carbocycles. The molecule has 10 nitrogen and oxygen atoms in total. The van der Waals surface area contributed by atoms with Crippen LogP contribution in [0.1, 0.15) is 53.1 Å². The number of rotatable bonds is 16. The molecular formula is C46H48N4O6. The summed E-state index contributed by atoms with van der Waals surface area (Å²) < 4.78 is 29.2. The Morgan fingerprint density at radius 2 is 1.52 bits per heavy atom. The largest absolute Gasteiger partial charge is 0.493 e. The van der Waals surface area contributed by atoms with E-state index in [9.17, 15) is 4.79 Å². The first-order valence-corrected chi connectivity index (χ1v) is 18.8. The molecule has 288 valence electrons. The Labute approximate surface area is 329 Å². The molecule has 1 fully saturated rings. The lowest BCUT2D eigenvalue weighted by molar-refractivity contribution is -0.127. The fourth-order valence-corrected chi connectivity index (χ4v) is 6.28. The van der Waals surface area contributed by atoms with Crippen molar-refractivity contribution in [2.24, 2.45) is 0 Å². The Morgan fingerprint density at radius 1 is 0.821 bits per heavy atom. The first kappa shape index (κ1) is 39.4. The third-order valence-electron chi connectivity index (χ3n) is 9.60. The lowest BCUT2D eigenvalue weighted by Crippen LogP contribution is -2.47. The van der Waals surface area contributed by atoms with Gasteiger partial charge in [-0.05, 0) is 82.3 Å². The molecule has 0 bridgehead atoms. The predicted molar refractivity (Wildman–Crippen MR) is 216 cm³/mol. The van der Waals surface area contributed by atoms with Crippen LogP contribution in [0.15, 0.2) is 109 Å². The molecule has 10 heteroatoms. The third-order valence-corrected chi connectivity index (χ3v) is 9.60. The lowest BCUT2D eigenvalue weighted by atomic mass is 10.0. The summed E-state index contributed by atoms with van der Waals surface area (Å²) in [6, 6.07) is 33.4. The predicted octanol–water partition coefficient (Wildman–Crippen LogP) is 8.44. The molecule has 1 saturated heterocycles. The highest BCUT2D eigenvalue weighted by Crippen LogP contribution is 2.41. The van der Waals surface area contributed by atoms with Crippen molar-refractivity contribution in [3.8, 4) is 40.7 Å². The van der Waals surface area contributed by atoms with E-state index in [0.29, 0.717) is 66.7 Å². The van der Waals surface area contributed by atoms with Gasteiger partial charge in [-0.15, -0.1) is 0 Å². The number of carbonyl (C=O) groups excluding carboxylic acids is 1. The van der Waals surface area contributed by atoms with Gasteiger partial charge in [0.1, 0.15) is 18.1 Å². The number of methoxy groups -OCH3 is 2. The molecule has 0 N–H and O–H groups in total. The summed E-state index contributed by atoms with van der Waals surface area (Å²) in [6.45, 7) is 9.12. The van der Waals surface area contributed by atoms with Crippen LogP contribution in [0.2, 0.25) is 0 Å². The van der Waals surface area contributed by atoms with Crippen LogP contribution in [0.5, 0.6) is 34.6 Å². The molecule has 0 radical (unpaired) electrons. The standard InChI is InChI=1S/C46H48N4O6/c1-33(2)39-6-5-7-40(28-39)54-25-20-34-8-12-36(13-9-34)31-49-21-23-50(24-22-49)45(51)19-16-38-26-42(52-3)46(43(27-38)53-4)56-44-18-17-41(30-48-44)55-32-37-14-10-35(29-47)11-15-37/h5-19,26-28,30,33H,20-25,31-32H2,1-4H3. The molecule has 1 amide bonds. The second-order valence-corrected chi connectivity index (χ2v) is 13.9. The van der Waals surface area contributed by atoms with Gasteiger partial charge in [-0.1, -0.05) is 62.4 Å². The van der Waals surface area contributed by atoms with Gasteiger partial charge in [0.2, 0.25) is 17.5 Å². The van der Waals surface area contributed by atoms with E-state index in [-0.39, 0.29) is 5.91 Å². The summed E-state index contributed by atoms with van der Waals surface area (Å²) in [5.41, 5.74) is 6.06. The van der Waals surface area contributed by atoms with Gasteiger partial charge in [0.25, 0.3) is 0 Å². The zero-order chi connectivity index (χ0) is 39.3. The minimum absolute atomic E-state index is 0.0453. The zero-order valence-corrected chi connectivity index (χ0v) is 32.4. The van der Waals surface area contributed by atoms with Crippen molar-refractivity contribution in [1.29, 1.82) is 5.26 Å². The number of hydrogen-bond acceptors (Lipinski definition) is 9. The van der Waals surface area contributed by atoms with E-state index >= 15 is 0 Å². The summed E-state index contributed by atoms with van der Waals surface area (Å²) >= 11 is 0. The van der Waals surface area contributed by atoms with Gasteiger partial charge in [-0.25, -0.2) is 4.98 Å². The summed E-state index contributed by atoms with van der Waals surface area (Å²) in [7, 11) is 3.09. The maximum atomic E-state index is 13.2. The van der Waals surface area contributed by atoms with Gasteiger partial charge < -0.3 is 28.6 Å². The molecule has 2 heterocycles. The number of benzene rings is 4. The van der Waals surface area contributed by atoms with Crippen LogP contribution in [-0.4, -0.2) is 67.7 Å². The molecule has 56 heavy (non-hydrogen) atoms. The maximum Gasteiger partial charge on any atom is 0.246 e. The van der Waals surface area contributed by atoms with Crippen molar-refractivity contribution in [3.05, 3.63) is 143 Å². The van der Waals surface area contributed by atoms with Gasteiger partial charge in [0, 0.05) is 51.3 Å². The summed E-state index contributed by atoms with van der Waals surface area (Å²) in [6.07, 6.45) is 5.78. The number of ether oxygens (including phenoxy) is 5. The third kappa shape index (κ3) is 10.9. The van der Waals surface area contributed by atoms with E-state index in [0.717, 1.165) is 42.9 Å². The van der Waals surface area contributed by atoms with Gasteiger partial charge in [-0.2, -0.15) is 5.26 Å². The minimum atomic E-state index is -0.0453. The van der Waals surface area contributed by atoms with Gasteiger partial charge in [0.15, 0.2) is 11.5 Å². The Hall–Kier alpha value is -6.31. The minimum Gasteiger partial charge on any atom is -0.493 e. The first-order valence-electron chi connectivity index (χ1n) is 18.8. The number of piperazine rings is 1. The van der Waals surface area contributed by atoms with Crippen molar-refractivity contribution in [2.45, 2.75) is 39.3 Å². The van der Waals surface area contributed by atoms with E-state index < -0.39 is 0 Å². The lowest BCUT2D eigenvalue weighted by Gasteiger charge is -2.34. The molecule has 1 aliphatic heterocycles. The van der Waals surface area contributed by atoms with Crippen molar-refractivity contribution in [3.63, 3.8) is 0 Å². The number of nitriles is 1. The molecule has 1 aromatic heterocycles. The number of amides is 1. The van der Waals surface area contributed by atoms with Crippen LogP contribution >= 0.6 is 0 Å². The fourth-order valence-electron chi connectivity index (χ4n) is 6.28. The summed E-state index contributed by atoms with van der Waals surface area (Å²) in [5.74, 6) is 3.47. The summed E-state index contributed by atoms with van der Waals surface area (Å²) in [4.78, 5) is 21.8. The van der Waals surface area contributed by atoms with Crippen molar-refractivity contribution in [2.75, 3.05) is 47.0 Å². The normalized spacial score (nSPS) is 13.0. The van der Waals surface area contributed by atoms with Gasteiger partial charge in [-0.3, -0.25) is 9.69 Å². The van der Waals surface area contributed by atoms with Crippen LogP contribution in [0, 0.1) is 11.3 Å². The smallest absolute Gasteiger partial charge is 0.246 e. The Balaban J connectivity index is 0.960. The Kier molecular flexibility index (Phi) is 13.6. The van der Waals surface area contributed by atoms with Crippen LogP contribution < -0.4 is 23.7 Å². The highest BCUT2D eigenvalue weighted by atomic mass is 16.5. The average molecular weight is 753 g/mol. The first-order chi connectivity index (χ1) is 27.3. The molecule has 0 aliphatic carbocycles. The quantitative estimate of drug-likeness (QED) is 0.0919. The summed E-state index contributed by atoms with van der Waals surface area (Å²) in [5, 5.41) is 8.98. The van der Waals surface area contributed by atoms with Gasteiger partial charge in [0.05, 0.1) is 38.7 Å². The Bertz CT molecular complexity index is 2090. The molecule has 0 spiro atoms. The Morgan fingerprint density at radius 3 is 2.16 bits per heavy atom. The van der Waals surface area contributed by atoms with E-state index in [1.165, 1.54) is 16.7 Å². The average Bonchev–Trinajstić information content (AvgIpc) is 3.24. The van der Waals surface area contributed by atoms with Crippen LogP contribution in [0.25, 0.3) is 6.08 Å². The molecular weight excluding hydrogens is 705 g/mol. The molecule has 1 aliphatic rings. The molecule has 5 aromatic rings. The second-order valence-electron chi connectivity index (χ2n) is 13.9. The van der Waals surface area contributed by atoms with E-state index in [4.69, 9.17) is 28.9 Å². The highest BCUT2D eigenvalue weighted by molar-refractivity contribution is 5.92. The topological polar surface area (TPSA) is 106 Å². The molecule has 0 atom stereocenters. The van der Waals surface area contributed by atoms with E-state index in [1.807, 2.05) is 23.1 Å². The van der Waals surface area contributed by atoms with Gasteiger partial charge >= 0.3 is 0 Å². The van der Waals surface area contributed by atoms with Crippen molar-refractivity contribution < 1.29 is 28.5 Å². The fraction of sp³-hybridized carbons (Fsp3) is 0.283. The number of carbonyl (C=O) groups is 1. The maximum absolute atomic E-state index is 13.2. The van der Waals surface area contributed by atoms with E-state index in [2.05, 4.69) is 72.3 Å². The number of hydrogen-bond donors (Lipinski definition) is 0. The van der Waals surface area contributed by atoms with Crippen LogP contribution in [-0.2, 0) is 24.4 Å². The zero-order valence-electron chi connectivity index (χ0n) is 32.4. The van der Waals surface area contributed by atoms with E-state index in [1.54, 1.807) is 69.0 Å². The SMILES string of the molecule is COc1cc(C=CC(=O)N2CCN(Cc3ccc(CCOc4cccc(C(C)C)c4)cc3)CC2)cc(OC)c1Oc1ccc(OCc2ccc(C#N)cc2)cn1. The van der Waals surface area contributed by atoms with Crippen molar-refractivity contribution >= 4 is 12.0 Å². The van der Waals surface area contributed by atoms with Crippen LogP contribution in [0.4, 0.5) is 0 Å². The van der Waals surface area contributed by atoms with Crippen LogP contribution in [0.3, 0.4) is 0 Å². The number of aromatic nitrogens is 1. The second kappa shape index (κ2) is 19.3.